The molecule has 1 aromatic carbocycles. The van der Waals surface area contributed by atoms with Gasteiger partial charge >= 0.3 is 0 Å². The summed E-state index contributed by atoms with van der Waals surface area (Å²) in [5.41, 5.74) is 5.67. The van der Waals surface area contributed by atoms with Crippen LogP contribution in [0.25, 0.3) is 6.08 Å². The zero-order chi connectivity index (χ0) is 18.8. The van der Waals surface area contributed by atoms with Crippen LogP contribution in [0, 0.1) is 5.41 Å². The number of rotatable bonds is 4. The molecule has 0 fully saturated rings. The van der Waals surface area contributed by atoms with Gasteiger partial charge in [-0.3, -0.25) is 0 Å². The van der Waals surface area contributed by atoms with E-state index < -0.39 is 0 Å². The minimum atomic E-state index is 0.548. The van der Waals surface area contributed by atoms with Gasteiger partial charge in [-0.05, 0) is 69.4 Å². The lowest BCUT2D eigenvalue weighted by Crippen LogP contribution is -2.06. The first-order valence-corrected chi connectivity index (χ1v) is 9.97. The smallest absolute Gasteiger partial charge is 0.0361 e. The standard InChI is InChI=1S/C25H33N/c1-4-20(2)19-25-23(21(3)26)17-13-9-6-10-14-18-24(25)22-15-11-7-5-8-12-16-22/h5-7,9-10,13-14,17-19,22,26H,4,8,11-12,15-16H2,1-3H3. The first-order chi connectivity index (χ1) is 12.6. The number of allylic oxidation sites excluding steroid dienone is 3. The molecule has 1 nitrogen and oxygen atoms in total. The molecule has 0 aliphatic heterocycles. The van der Waals surface area contributed by atoms with E-state index in [9.17, 15) is 0 Å². The van der Waals surface area contributed by atoms with Crippen LogP contribution in [0.4, 0.5) is 0 Å². The Morgan fingerprint density at radius 1 is 1.00 bits per heavy atom. The van der Waals surface area contributed by atoms with E-state index in [4.69, 9.17) is 5.41 Å². The minimum Gasteiger partial charge on any atom is -0.305 e. The molecule has 0 heterocycles. The van der Waals surface area contributed by atoms with Crippen LogP contribution in [-0.2, 0) is 0 Å². The molecule has 1 unspecified atom stereocenters. The van der Waals surface area contributed by atoms with Crippen molar-refractivity contribution in [2.75, 3.05) is 0 Å². The monoisotopic (exact) mass is 347 g/mol. The predicted octanol–water partition coefficient (Wildman–Crippen LogP) is 7.62. The Balaban J connectivity index is 2.74. The topological polar surface area (TPSA) is 23.9 Å². The van der Waals surface area contributed by atoms with Crippen molar-refractivity contribution in [2.24, 2.45) is 0 Å². The molecule has 0 amide bonds. The maximum Gasteiger partial charge on any atom is 0.0361 e. The lowest BCUT2D eigenvalue weighted by Gasteiger charge is -2.21. The van der Waals surface area contributed by atoms with E-state index in [1.807, 2.05) is 13.0 Å². The molecule has 0 saturated heterocycles. The van der Waals surface area contributed by atoms with Crippen molar-refractivity contribution in [3.05, 3.63) is 76.9 Å². The van der Waals surface area contributed by atoms with Gasteiger partial charge in [-0.25, -0.2) is 0 Å². The van der Waals surface area contributed by atoms with Crippen LogP contribution in [0.3, 0.4) is 0 Å². The SMILES string of the molecule is CCC(C)=Cc1c(C(C)=N)cccccccc1C1CCC=CCCC1. The second kappa shape index (κ2) is 10.8. The van der Waals surface area contributed by atoms with E-state index in [1.54, 1.807) is 0 Å². The molecule has 0 saturated carbocycles. The van der Waals surface area contributed by atoms with Gasteiger partial charge in [0.15, 0.2) is 0 Å². The van der Waals surface area contributed by atoms with Gasteiger partial charge in [0.1, 0.15) is 0 Å². The molecule has 1 atom stereocenters. The summed E-state index contributed by atoms with van der Waals surface area (Å²) in [4.78, 5) is 0. The first kappa shape index (κ1) is 20.2. The van der Waals surface area contributed by atoms with Gasteiger partial charge in [-0.15, -0.1) is 0 Å². The lowest BCUT2D eigenvalue weighted by atomic mass is 9.83. The number of hydrogen-bond donors (Lipinski definition) is 1. The predicted molar refractivity (Wildman–Crippen MR) is 115 cm³/mol. The molecule has 0 aromatic heterocycles. The molecular weight excluding hydrogens is 314 g/mol. The van der Waals surface area contributed by atoms with Crippen molar-refractivity contribution in [3.8, 4) is 0 Å². The average Bonchev–Trinajstić information content (AvgIpc) is 2.60. The highest BCUT2D eigenvalue weighted by Crippen LogP contribution is 2.33. The Labute approximate surface area is 159 Å². The molecule has 1 aliphatic carbocycles. The molecule has 138 valence electrons. The summed E-state index contributed by atoms with van der Waals surface area (Å²) in [6.07, 6.45) is 14.0. The largest absolute Gasteiger partial charge is 0.305 e. The average molecular weight is 348 g/mol. The fourth-order valence-electron chi connectivity index (χ4n) is 3.50. The van der Waals surface area contributed by atoms with Crippen LogP contribution in [0.1, 0.15) is 81.9 Å². The van der Waals surface area contributed by atoms with Gasteiger partial charge in [0.25, 0.3) is 0 Å². The van der Waals surface area contributed by atoms with Crippen molar-refractivity contribution >= 4 is 11.8 Å². The molecule has 1 aliphatic rings. The highest BCUT2D eigenvalue weighted by molar-refractivity contribution is 5.99. The van der Waals surface area contributed by atoms with E-state index >= 15 is 0 Å². The lowest BCUT2D eigenvalue weighted by molar-refractivity contribution is 0.550. The van der Waals surface area contributed by atoms with Crippen LogP contribution >= 0.6 is 0 Å². The maximum absolute atomic E-state index is 8.38. The Bertz CT molecular complexity index is 723. The molecule has 1 aromatic rings. The normalized spacial score (nSPS) is 17.8. The quantitative estimate of drug-likeness (QED) is 0.428. The van der Waals surface area contributed by atoms with E-state index in [1.165, 1.54) is 42.4 Å². The number of nitrogens with one attached hydrogen (secondary N) is 1. The van der Waals surface area contributed by atoms with E-state index in [-0.39, 0.29) is 0 Å². The second-order valence-electron chi connectivity index (χ2n) is 7.22. The zero-order valence-electron chi connectivity index (χ0n) is 16.6. The molecule has 0 bridgehead atoms. The van der Waals surface area contributed by atoms with Gasteiger partial charge in [-0.1, -0.05) is 73.2 Å². The van der Waals surface area contributed by atoms with Crippen molar-refractivity contribution < 1.29 is 0 Å². The molecule has 0 spiro atoms. The van der Waals surface area contributed by atoms with Gasteiger partial charge < -0.3 is 5.41 Å². The minimum absolute atomic E-state index is 0.548. The molecule has 0 radical (unpaired) electrons. The Kier molecular flexibility index (Phi) is 8.34. The molecule has 26 heavy (non-hydrogen) atoms. The van der Waals surface area contributed by atoms with Gasteiger partial charge in [0.05, 0.1) is 0 Å². The van der Waals surface area contributed by atoms with Crippen molar-refractivity contribution in [1.82, 2.24) is 0 Å². The summed E-state index contributed by atoms with van der Waals surface area (Å²) in [5.74, 6) is 0.548. The summed E-state index contributed by atoms with van der Waals surface area (Å²) >= 11 is 0. The van der Waals surface area contributed by atoms with Gasteiger partial charge in [0.2, 0.25) is 0 Å². The van der Waals surface area contributed by atoms with Crippen LogP contribution < -0.4 is 0 Å². The summed E-state index contributed by atoms with van der Waals surface area (Å²) in [5, 5.41) is 8.38. The maximum atomic E-state index is 8.38. The van der Waals surface area contributed by atoms with Crippen LogP contribution in [0.5, 0.6) is 0 Å². The fourth-order valence-corrected chi connectivity index (χ4v) is 3.50. The van der Waals surface area contributed by atoms with Crippen molar-refractivity contribution in [3.63, 3.8) is 0 Å². The fraction of sp³-hybridized carbons (Fsp3) is 0.400. The van der Waals surface area contributed by atoms with E-state index in [0.717, 1.165) is 18.4 Å². The molecule has 1 heteroatoms. The van der Waals surface area contributed by atoms with Gasteiger partial charge in [-0.2, -0.15) is 0 Å². The van der Waals surface area contributed by atoms with Gasteiger partial charge in [0, 0.05) is 11.3 Å². The van der Waals surface area contributed by atoms with Crippen LogP contribution in [0.2, 0.25) is 0 Å². The third-order valence-electron chi connectivity index (χ3n) is 5.15. The molecule has 2 rings (SSSR count). The van der Waals surface area contributed by atoms with Crippen LogP contribution in [-0.4, -0.2) is 5.71 Å². The third kappa shape index (κ3) is 5.98. The summed E-state index contributed by atoms with van der Waals surface area (Å²) < 4.78 is 0. The molecular formula is C25H33N. The number of hydrogen-bond acceptors (Lipinski definition) is 1. The summed E-state index contributed by atoms with van der Waals surface area (Å²) in [7, 11) is 0. The Morgan fingerprint density at radius 2 is 1.69 bits per heavy atom. The van der Waals surface area contributed by atoms with Crippen molar-refractivity contribution in [1.29, 1.82) is 5.41 Å². The highest BCUT2D eigenvalue weighted by Gasteiger charge is 2.16. The summed E-state index contributed by atoms with van der Waals surface area (Å²) in [6.45, 7) is 6.30. The Hall–Kier alpha value is -2.15. The van der Waals surface area contributed by atoms with E-state index in [2.05, 4.69) is 68.5 Å². The molecule has 1 N–H and O–H groups in total. The van der Waals surface area contributed by atoms with E-state index in [0.29, 0.717) is 11.6 Å². The third-order valence-corrected chi connectivity index (χ3v) is 5.15. The van der Waals surface area contributed by atoms with Crippen LogP contribution in [0.15, 0.2) is 60.2 Å². The summed E-state index contributed by atoms with van der Waals surface area (Å²) in [6, 6.07) is 14.8. The van der Waals surface area contributed by atoms with Crippen molar-refractivity contribution in [2.45, 2.75) is 65.2 Å². The second-order valence-corrected chi connectivity index (χ2v) is 7.22. The highest BCUT2D eigenvalue weighted by atomic mass is 14.4. The first-order valence-electron chi connectivity index (χ1n) is 9.97. The Morgan fingerprint density at radius 3 is 2.42 bits per heavy atom. The zero-order valence-corrected chi connectivity index (χ0v) is 16.6.